The van der Waals surface area contributed by atoms with Crippen molar-refractivity contribution in [1.29, 1.82) is 0 Å². The van der Waals surface area contributed by atoms with Gasteiger partial charge in [-0.1, -0.05) is 158 Å². The molecule has 9 aromatic rings. The zero-order valence-electron chi connectivity index (χ0n) is 40.0. The minimum atomic E-state index is 0.799. The Hall–Kier alpha value is -8.44. The monoisotopic (exact) mass is 976 g/mol. The molecule has 0 saturated carbocycles. The van der Waals surface area contributed by atoms with E-state index in [9.17, 15) is 0 Å². The lowest BCUT2D eigenvalue weighted by molar-refractivity contribution is 0.414. The second-order valence-electron chi connectivity index (χ2n) is 17.1. The number of nitrogens with zero attached hydrogens (tertiary/aromatic N) is 2. The summed E-state index contributed by atoms with van der Waals surface area (Å²) in [4.78, 5) is 0. The van der Waals surface area contributed by atoms with Crippen LogP contribution in [0.3, 0.4) is 0 Å². The van der Waals surface area contributed by atoms with E-state index >= 15 is 0 Å². The number of nitrogens with one attached hydrogen (secondary N) is 2. The molecule has 0 fully saturated rings. The molecule has 0 atom stereocenters. The predicted octanol–water partition coefficient (Wildman–Crippen LogP) is 14.3. The van der Waals surface area contributed by atoms with Gasteiger partial charge in [0.2, 0.25) is 0 Å². The second-order valence-corrected chi connectivity index (χ2v) is 18.2. The van der Waals surface area contributed by atoms with Crippen LogP contribution < -0.4 is 39.1 Å². The lowest BCUT2D eigenvalue weighted by Crippen LogP contribution is -2.19. The van der Waals surface area contributed by atoms with E-state index in [0.29, 0.717) is 0 Å². The highest BCUT2D eigenvalue weighted by Crippen LogP contribution is 2.43. The number of rotatable bonds is 14. The van der Waals surface area contributed by atoms with Crippen molar-refractivity contribution in [3.8, 4) is 45.3 Å². The summed E-state index contributed by atoms with van der Waals surface area (Å²) in [6.07, 6.45) is 0. The molecule has 0 aliphatic carbocycles. The molecule has 0 spiro atoms. The highest BCUT2D eigenvalue weighted by molar-refractivity contribution is 7.99. The van der Waals surface area contributed by atoms with Crippen molar-refractivity contribution in [2.75, 3.05) is 37.9 Å². The molecular weight excluding hydrogens is 929 g/mol. The highest BCUT2D eigenvalue weighted by Gasteiger charge is 2.28. The largest absolute Gasteiger partial charge is 0.497 e. The van der Waals surface area contributed by atoms with E-state index in [1.165, 1.54) is 24.3 Å². The van der Waals surface area contributed by atoms with Crippen LogP contribution in [0.4, 0.5) is 11.4 Å². The average molecular weight is 977 g/mol. The summed E-state index contributed by atoms with van der Waals surface area (Å²) in [5.74, 6) is 3.19. The fraction of sp³-hybridized carbons (Fsp3) is 0.0645. The van der Waals surface area contributed by atoms with Crippen molar-refractivity contribution in [3.05, 3.63) is 261 Å². The van der Waals surface area contributed by atoms with Gasteiger partial charge in [0.1, 0.15) is 33.7 Å². The Labute approximate surface area is 428 Å². The third-order valence-corrected chi connectivity index (χ3v) is 14.2. The Morgan fingerprint density at radius 1 is 0.306 bits per heavy atom. The maximum Gasteiger partial charge on any atom is 0.118 e. The molecule has 0 unspecified atom stereocenters. The van der Waals surface area contributed by atoms with Crippen molar-refractivity contribution >= 4 is 57.9 Å². The number of hydrogen-bond acceptors (Lipinski definition) is 10. The fourth-order valence-electron chi connectivity index (χ4n) is 9.56. The van der Waals surface area contributed by atoms with Crippen LogP contribution in [-0.2, 0) is 0 Å². The average Bonchev–Trinajstić information content (AvgIpc) is 4.15. The first-order chi connectivity index (χ1) is 35.5. The smallest absolute Gasteiger partial charge is 0.118 e. The van der Waals surface area contributed by atoms with E-state index < -0.39 is 0 Å². The maximum atomic E-state index is 5.57. The summed E-state index contributed by atoms with van der Waals surface area (Å²) in [7, 11) is 6.77. The van der Waals surface area contributed by atoms with Crippen LogP contribution in [0.15, 0.2) is 215 Å². The first-order valence-corrected chi connectivity index (χ1v) is 25.0. The molecule has 2 aliphatic rings. The number of ether oxygens (including phenoxy) is 4. The Bertz CT molecular complexity index is 3260. The quantitative estimate of drug-likeness (QED) is 0.0823. The van der Waals surface area contributed by atoms with Crippen LogP contribution in [0, 0.1) is 0 Å². The Morgan fingerprint density at radius 3 is 0.792 bits per heavy atom. The van der Waals surface area contributed by atoms with Gasteiger partial charge in [0.25, 0.3) is 0 Å². The van der Waals surface area contributed by atoms with E-state index in [1.54, 1.807) is 28.4 Å². The molecule has 10 heteroatoms. The molecule has 8 nitrogen and oxygen atoms in total. The van der Waals surface area contributed by atoms with Crippen LogP contribution in [0.25, 0.3) is 44.5 Å². The number of fused-ring (bicyclic) bond motifs is 2. The number of methoxy groups -OCH3 is 4. The first-order valence-electron chi connectivity index (χ1n) is 23.4. The standard InChI is InChI=1S/C62H48N4O4S2/c1-67-49-31-23-43(24-32-49)55(44-25-33-50(68-2)34-26-44)53(39-11-7-5-8-12-39)41-15-19-47(20-16-41)57-59-61(65-71-63-59)58(62-60(57)64-72-66-62)48-21-17-42(18-22-48)54(40-13-9-6-10-14-40)56(45-27-35-51(69-3)36-28-45)46-29-37-52(70-4)38-30-46/h5-38,63,66H,1-4H3. The Balaban J connectivity index is 1.03. The van der Waals surface area contributed by atoms with Crippen LogP contribution in [0.5, 0.6) is 23.0 Å². The van der Waals surface area contributed by atoms with Gasteiger partial charge in [-0.15, -0.1) is 0 Å². The van der Waals surface area contributed by atoms with E-state index in [2.05, 4.69) is 167 Å². The predicted molar refractivity (Wildman–Crippen MR) is 297 cm³/mol. The van der Waals surface area contributed by atoms with Crippen molar-refractivity contribution < 1.29 is 18.9 Å². The summed E-state index contributed by atoms with van der Waals surface area (Å²) in [5.41, 5.74) is 18.9. The number of anilines is 2. The van der Waals surface area contributed by atoms with Gasteiger partial charge in [0.15, 0.2) is 0 Å². The van der Waals surface area contributed by atoms with E-state index in [1.807, 2.05) is 48.5 Å². The van der Waals surface area contributed by atoms with Gasteiger partial charge in [-0.2, -0.15) is 8.80 Å². The van der Waals surface area contributed by atoms with E-state index in [4.69, 9.17) is 27.7 Å². The normalized spacial score (nSPS) is 11.9. The van der Waals surface area contributed by atoms with Crippen molar-refractivity contribution in [2.45, 2.75) is 0 Å². The molecule has 0 radical (unpaired) electrons. The molecule has 0 bridgehead atoms. The maximum absolute atomic E-state index is 5.57. The first kappa shape index (κ1) is 46.0. The van der Waals surface area contributed by atoms with Gasteiger partial charge in [-0.3, -0.25) is 0 Å². The van der Waals surface area contributed by atoms with Crippen LogP contribution in [-0.4, -0.2) is 28.4 Å². The van der Waals surface area contributed by atoms with Gasteiger partial charge in [0, 0.05) is 11.1 Å². The van der Waals surface area contributed by atoms with E-state index in [-0.39, 0.29) is 0 Å². The molecule has 0 amide bonds. The molecule has 11 rings (SSSR count). The number of hydrogen-bond donors (Lipinski definition) is 2. The third kappa shape index (κ3) is 8.87. The van der Waals surface area contributed by atoms with E-state index in [0.717, 1.165) is 134 Å². The summed E-state index contributed by atoms with van der Waals surface area (Å²) >= 11 is 2.68. The summed E-state index contributed by atoms with van der Waals surface area (Å²) in [5, 5.41) is 1.75. The van der Waals surface area contributed by atoms with Gasteiger partial charge in [-0.05, 0) is 126 Å². The Morgan fingerprint density at radius 2 is 0.542 bits per heavy atom. The topological polar surface area (TPSA) is 85.7 Å². The minimum Gasteiger partial charge on any atom is -0.497 e. The lowest BCUT2D eigenvalue weighted by atomic mass is 9.84. The number of benzene rings is 9. The van der Waals surface area contributed by atoms with Crippen molar-refractivity contribution in [3.63, 3.8) is 0 Å². The van der Waals surface area contributed by atoms with Crippen LogP contribution in [0.1, 0.15) is 44.5 Å². The van der Waals surface area contributed by atoms with Crippen LogP contribution >= 0.6 is 24.3 Å². The second kappa shape index (κ2) is 20.5. The van der Waals surface area contributed by atoms with Gasteiger partial charge >= 0.3 is 0 Å². The third-order valence-electron chi connectivity index (χ3n) is 13.1. The zero-order chi connectivity index (χ0) is 49.0. The molecule has 352 valence electrons. The molecule has 0 saturated heterocycles. The minimum absolute atomic E-state index is 0.799. The molecule has 9 aromatic carbocycles. The van der Waals surface area contributed by atoms with Crippen LogP contribution in [0.2, 0.25) is 0 Å². The molecule has 2 heterocycles. The van der Waals surface area contributed by atoms with Gasteiger partial charge in [-0.25, -0.2) is 0 Å². The van der Waals surface area contributed by atoms with Crippen molar-refractivity contribution in [2.24, 2.45) is 8.80 Å². The lowest BCUT2D eigenvalue weighted by Gasteiger charge is -2.19. The van der Waals surface area contributed by atoms with Gasteiger partial charge < -0.3 is 28.4 Å². The molecule has 72 heavy (non-hydrogen) atoms. The summed E-state index contributed by atoms with van der Waals surface area (Å²) in [6.45, 7) is 0. The molecule has 2 N–H and O–H groups in total. The Kier molecular flexibility index (Phi) is 13.1. The summed E-state index contributed by atoms with van der Waals surface area (Å²) < 4.78 is 39.5. The molecule has 0 aromatic heterocycles. The summed E-state index contributed by atoms with van der Waals surface area (Å²) in [6, 6.07) is 71.9. The van der Waals surface area contributed by atoms with Crippen molar-refractivity contribution in [1.82, 2.24) is 0 Å². The molecular formula is C62H48N4O4S2. The molecule has 2 aliphatic heterocycles. The highest BCUT2D eigenvalue weighted by atomic mass is 32.2. The SMILES string of the molecule is COc1ccc(C(=C(c2ccccc2)c2ccc(-c3c4c(c(-c5ccc(C(=C(c6ccc(OC)cc6)c6ccc(OC)cc6)c6ccccc6)cc5)c5c3=NSN5)=NSN4)cc2)c2ccc(OC)cc2)cc1. The zero-order valence-corrected chi connectivity index (χ0v) is 41.6. The van der Waals surface area contributed by atoms with Gasteiger partial charge in [0.05, 0.1) is 64.1 Å². The fourth-order valence-corrected chi connectivity index (χ4v) is 10.8.